The molecule has 1 fully saturated rings. The van der Waals surface area contributed by atoms with Gasteiger partial charge in [0, 0.05) is 49.3 Å². The summed E-state index contributed by atoms with van der Waals surface area (Å²) in [5.41, 5.74) is 3.62. The largest absolute Gasteiger partial charge is 0.496 e. The third-order valence-electron chi connectivity index (χ3n) is 7.72. The molecule has 41 heavy (non-hydrogen) atoms. The van der Waals surface area contributed by atoms with Crippen LogP contribution in [0.5, 0.6) is 28.7 Å². The zero-order valence-electron chi connectivity index (χ0n) is 24.2. The Labute approximate surface area is 240 Å². The lowest BCUT2D eigenvalue weighted by molar-refractivity contribution is 0.151. The summed E-state index contributed by atoms with van der Waals surface area (Å²) in [6.07, 6.45) is 0. The van der Waals surface area contributed by atoms with Gasteiger partial charge in [0.05, 0.1) is 53.7 Å². The number of benzene rings is 3. The van der Waals surface area contributed by atoms with Crippen molar-refractivity contribution in [1.82, 2.24) is 14.8 Å². The lowest BCUT2D eigenvalue weighted by atomic mass is 10.00. The van der Waals surface area contributed by atoms with Crippen LogP contribution in [0.2, 0.25) is 0 Å². The van der Waals surface area contributed by atoms with Gasteiger partial charge in [-0.2, -0.15) is 0 Å². The molecule has 1 atom stereocenters. The Morgan fingerprint density at radius 1 is 0.756 bits per heavy atom. The van der Waals surface area contributed by atoms with Gasteiger partial charge in [0.15, 0.2) is 23.0 Å². The molecule has 0 spiro atoms. The van der Waals surface area contributed by atoms with Gasteiger partial charge in [0.1, 0.15) is 5.75 Å². The molecule has 216 valence electrons. The number of pyridine rings is 1. The van der Waals surface area contributed by atoms with E-state index in [9.17, 15) is 4.79 Å². The molecular weight excluding hydrogens is 522 g/mol. The highest BCUT2D eigenvalue weighted by Crippen LogP contribution is 2.36. The molecule has 1 aliphatic rings. The summed E-state index contributed by atoms with van der Waals surface area (Å²) in [5.74, 6) is 3.27. The zero-order chi connectivity index (χ0) is 28.9. The van der Waals surface area contributed by atoms with E-state index >= 15 is 0 Å². The van der Waals surface area contributed by atoms with Crippen LogP contribution >= 0.6 is 0 Å². The Hall–Kier alpha value is -4.21. The number of fused-ring (bicyclic) bond motifs is 1. The summed E-state index contributed by atoms with van der Waals surface area (Å²) >= 11 is 0. The van der Waals surface area contributed by atoms with Crippen LogP contribution in [0, 0.1) is 0 Å². The average molecular weight is 560 g/mol. The standard InChI is InChI=1S/C32H37N3O6/c1-37-27-9-7-6-8-23(27)26-18-33-12-13-34(26)20-22-15-32(36)35(19-21-10-11-28(38-2)29(14-21)39-3)25-17-31(41-5)30(40-4)16-24(22)25/h6-11,14-17,26,33H,12-13,18-20H2,1-5H3. The Kier molecular flexibility index (Phi) is 8.66. The van der Waals surface area contributed by atoms with E-state index < -0.39 is 0 Å². The first-order valence-electron chi connectivity index (χ1n) is 13.6. The van der Waals surface area contributed by atoms with Crippen molar-refractivity contribution in [2.24, 2.45) is 0 Å². The van der Waals surface area contributed by atoms with Crippen LogP contribution < -0.4 is 34.6 Å². The van der Waals surface area contributed by atoms with Gasteiger partial charge in [-0.05, 0) is 35.4 Å². The number of ether oxygens (including phenoxy) is 5. The summed E-state index contributed by atoms with van der Waals surface area (Å²) in [7, 11) is 8.12. The fraction of sp³-hybridized carbons (Fsp3) is 0.344. The van der Waals surface area contributed by atoms with Gasteiger partial charge in [-0.3, -0.25) is 9.69 Å². The summed E-state index contributed by atoms with van der Waals surface area (Å²) in [4.78, 5) is 16.2. The number of rotatable bonds is 10. The maximum absolute atomic E-state index is 13.8. The van der Waals surface area contributed by atoms with Gasteiger partial charge in [-0.25, -0.2) is 0 Å². The minimum Gasteiger partial charge on any atom is -0.496 e. The van der Waals surface area contributed by atoms with Crippen molar-refractivity contribution in [3.8, 4) is 28.7 Å². The molecule has 5 rings (SSSR count). The number of nitrogens with zero attached hydrogens (tertiary/aromatic N) is 2. The van der Waals surface area contributed by atoms with E-state index in [0.29, 0.717) is 36.1 Å². The van der Waals surface area contributed by atoms with Crippen molar-refractivity contribution in [2.45, 2.75) is 19.1 Å². The van der Waals surface area contributed by atoms with Crippen LogP contribution in [-0.4, -0.2) is 64.7 Å². The van der Waals surface area contributed by atoms with Crippen molar-refractivity contribution in [1.29, 1.82) is 0 Å². The third kappa shape index (κ3) is 5.68. The normalized spacial score (nSPS) is 15.5. The third-order valence-corrected chi connectivity index (χ3v) is 7.72. The van der Waals surface area contributed by atoms with Crippen LogP contribution in [-0.2, 0) is 13.1 Å². The van der Waals surface area contributed by atoms with E-state index in [1.807, 2.05) is 48.5 Å². The molecule has 9 nitrogen and oxygen atoms in total. The van der Waals surface area contributed by atoms with Crippen LogP contribution in [0.3, 0.4) is 0 Å². The molecule has 0 amide bonds. The van der Waals surface area contributed by atoms with Gasteiger partial charge in [-0.1, -0.05) is 24.3 Å². The molecule has 0 bridgehead atoms. The second-order valence-corrected chi connectivity index (χ2v) is 9.94. The van der Waals surface area contributed by atoms with E-state index in [1.54, 1.807) is 46.2 Å². The van der Waals surface area contributed by atoms with Crippen molar-refractivity contribution in [3.63, 3.8) is 0 Å². The second-order valence-electron chi connectivity index (χ2n) is 9.94. The highest BCUT2D eigenvalue weighted by atomic mass is 16.5. The molecule has 9 heteroatoms. The van der Waals surface area contributed by atoms with E-state index in [-0.39, 0.29) is 11.6 Å². The molecule has 1 aromatic heterocycles. The number of aromatic nitrogens is 1. The Balaban J connectivity index is 1.60. The fourth-order valence-corrected chi connectivity index (χ4v) is 5.63. The van der Waals surface area contributed by atoms with Gasteiger partial charge < -0.3 is 33.6 Å². The monoisotopic (exact) mass is 559 g/mol. The molecule has 4 aromatic rings. The SMILES string of the molecule is COc1ccc(Cn2c(=O)cc(CN3CCNCC3c3ccccc3OC)c3cc(OC)c(OC)cc32)cc1OC. The lowest BCUT2D eigenvalue weighted by Gasteiger charge is -2.37. The molecule has 1 saturated heterocycles. The van der Waals surface area contributed by atoms with Crippen molar-refractivity contribution >= 4 is 10.9 Å². The molecule has 0 saturated carbocycles. The predicted octanol–water partition coefficient (Wildman–Crippen LogP) is 4.24. The first-order chi connectivity index (χ1) is 20.0. The lowest BCUT2D eigenvalue weighted by Crippen LogP contribution is -2.45. The smallest absolute Gasteiger partial charge is 0.251 e. The summed E-state index contributed by atoms with van der Waals surface area (Å²) in [5, 5.41) is 4.45. The van der Waals surface area contributed by atoms with Gasteiger partial charge in [-0.15, -0.1) is 0 Å². The molecule has 0 radical (unpaired) electrons. The topological polar surface area (TPSA) is 83.4 Å². The minimum absolute atomic E-state index is 0.0873. The van der Waals surface area contributed by atoms with Crippen LogP contribution in [0.15, 0.2) is 65.5 Å². The number of hydrogen-bond donors (Lipinski definition) is 1. The van der Waals surface area contributed by atoms with Crippen molar-refractivity contribution in [2.75, 3.05) is 55.2 Å². The summed E-state index contributed by atoms with van der Waals surface area (Å²) in [6.45, 7) is 3.40. The number of para-hydroxylation sites is 1. The molecular formula is C32H37N3O6. The Morgan fingerprint density at radius 2 is 1.44 bits per heavy atom. The molecule has 2 heterocycles. The van der Waals surface area contributed by atoms with E-state index in [1.165, 1.54) is 0 Å². The predicted molar refractivity (Wildman–Crippen MR) is 159 cm³/mol. The van der Waals surface area contributed by atoms with Crippen LogP contribution in [0.25, 0.3) is 10.9 Å². The quantitative estimate of drug-likeness (QED) is 0.309. The highest BCUT2D eigenvalue weighted by molar-refractivity contribution is 5.86. The summed E-state index contributed by atoms with van der Waals surface area (Å²) in [6, 6.07) is 19.5. The van der Waals surface area contributed by atoms with E-state index in [4.69, 9.17) is 23.7 Å². The zero-order valence-corrected chi connectivity index (χ0v) is 24.2. The Morgan fingerprint density at radius 3 is 2.17 bits per heavy atom. The Bertz CT molecular complexity index is 1580. The van der Waals surface area contributed by atoms with Crippen molar-refractivity contribution < 1.29 is 23.7 Å². The maximum Gasteiger partial charge on any atom is 0.251 e. The number of piperazine rings is 1. The first-order valence-corrected chi connectivity index (χ1v) is 13.6. The van der Waals surface area contributed by atoms with Crippen LogP contribution in [0.4, 0.5) is 0 Å². The minimum atomic E-state index is -0.0986. The second kappa shape index (κ2) is 12.5. The maximum atomic E-state index is 13.8. The molecule has 1 unspecified atom stereocenters. The molecule has 3 aromatic carbocycles. The molecule has 1 aliphatic heterocycles. The number of hydrogen-bond acceptors (Lipinski definition) is 8. The number of nitrogens with one attached hydrogen (secondary N) is 1. The van der Waals surface area contributed by atoms with E-state index in [0.717, 1.165) is 53.0 Å². The summed E-state index contributed by atoms with van der Waals surface area (Å²) < 4.78 is 29.7. The molecule has 1 N–H and O–H groups in total. The van der Waals surface area contributed by atoms with Gasteiger partial charge in [0.2, 0.25) is 0 Å². The first kappa shape index (κ1) is 28.3. The van der Waals surface area contributed by atoms with Gasteiger partial charge in [0.25, 0.3) is 5.56 Å². The fourth-order valence-electron chi connectivity index (χ4n) is 5.63. The molecule has 0 aliphatic carbocycles. The van der Waals surface area contributed by atoms with E-state index in [2.05, 4.69) is 16.3 Å². The van der Waals surface area contributed by atoms with Gasteiger partial charge >= 0.3 is 0 Å². The van der Waals surface area contributed by atoms with Crippen LogP contribution in [0.1, 0.15) is 22.7 Å². The number of methoxy groups -OCH3 is 5. The average Bonchev–Trinajstić information content (AvgIpc) is 3.02. The van der Waals surface area contributed by atoms with Crippen molar-refractivity contribution in [3.05, 3.63) is 87.7 Å². The highest BCUT2D eigenvalue weighted by Gasteiger charge is 2.27.